The van der Waals surface area contributed by atoms with Crippen LogP contribution in [0.4, 0.5) is 0 Å². The summed E-state index contributed by atoms with van der Waals surface area (Å²) in [6.45, 7) is 2.95. The van der Waals surface area contributed by atoms with Crippen LogP contribution < -0.4 is 0 Å². The molecular weight excluding hydrogens is 300 g/mol. The standard InChI is InChI=1S/C16H26N2O3S/c1-14-7-4-5-8-15(14)11-16(13-19)9-6-10-18(12-16)22(20,21)17(2)3/h4-5,7-8,19H,6,9-13H2,1-3H3. The first-order chi connectivity index (χ1) is 10.3. The van der Waals surface area contributed by atoms with Crippen molar-refractivity contribution in [2.45, 2.75) is 26.2 Å². The monoisotopic (exact) mass is 326 g/mol. The fourth-order valence-electron chi connectivity index (χ4n) is 3.13. The van der Waals surface area contributed by atoms with E-state index in [1.807, 2.05) is 12.1 Å². The lowest BCUT2D eigenvalue weighted by molar-refractivity contribution is 0.0626. The summed E-state index contributed by atoms with van der Waals surface area (Å²) in [5.74, 6) is 0. The highest BCUT2D eigenvalue weighted by atomic mass is 32.2. The van der Waals surface area contributed by atoms with Crippen molar-refractivity contribution in [1.82, 2.24) is 8.61 Å². The number of piperidine rings is 1. The van der Waals surface area contributed by atoms with Gasteiger partial charge < -0.3 is 5.11 Å². The number of nitrogens with zero attached hydrogens (tertiary/aromatic N) is 2. The summed E-state index contributed by atoms with van der Waals surface area (Å²) in [7, 11) is -0.333. The molecule has 0 aromatic heterocycles. The molecule has 1 N–H and O–H groups in total. The van der Waals surface area contributed by atoms with Crippen molar-refractivity contribution < 1.29 is 13.5 Å². The molecule has 1 saturated heterocycles. The summed E-state index contributed by atoms with van der Waals surface area (Å²) in [4.78, 5) is 0. The third-order valence-electron chi connectivity index (χ3n) is 4.58. The van der Waals surface area contributed by atoms with Gasteiger partial charge in [0, 0.05) is 32.6 Å². The fourth-order valence-corrected chi connectivity index (χ4v) is 4.39. The topological polar surface area (TPSA) is 60.9 Å². The van der Waals surface area contributed by atoms with Crippen molar-refractivity contribution in [3.05, 3.63) is 35.4 Å². The zero-order chi connectivity index (χ0) is 16.4. The zero-order valence-corrected chi connectivity index (χ0v) is 14.4. The molecule has 1 aliphatic heterocycles. The molecule has 5 nitrogen and oxygen atoms in total. The van der Waals surface area contributed by atoms with Crippen LogP contribution in [-0.2, 0) is 16.6 Å². The van der Waals surface area contributed by atoms with E-state index < -0.39 is 15.6 Å². The zero-order valence-electron chi connectivity index (χ0n) is 13.6. The smallest absolute Gasteiger partial charge is 0.281 e. The quantitative estimate of drug-likeness (QED) is 0.890. The van der Waals surface area contributed by atoms with Gasteiger partial charge in [0.1, 0.15) is 0 Å². The Balaban J connectivity index is 2.25. The van der Waals surface area contributed by atoms with Gasteiger partial charge in [-0.25, -0.2) is 0 Å². The Morgan fingerprint density at radius 2 is 2.00 bits per heavy atom. The van der Waals surface area contributed by atoms with E-state index in [9.17, 15) is 13.5 Å². The van der Waals surface area contributed by atoms with Crippen molar-refractivity contribution in [1.29, 1.82) is 0 Å². The predicted molar refractivity (Wildman–Crippen MR) is 87.8 cm³/mol. The Morgan fingerprint density at radius 3 is 2.59 bits per heavy atom. The maximum atomic E-state index is 12.4. The molecule has 1 unspecified atom stereocenters. The normalized spacial score (nSPS) is 23.9. The molecule has 0 aliphatic carbocycles. The molecule has 0 radical (unpaired) electrons. The molecule has 1 atom stereocenters. The number of aliphatic hydroxyl groups excluding tert-OH is 1. The first kappa shape index (κ1) is 17.4. The molecule has 1 aliphatic rings. The molecule has 0 saturated carbocycles. The van der Waals surface area contributed by atoms with Gasteiger partial charge >= 0.3 is 0 Å². The third kappa shape index (κ3) is 3.51. The molecule has 0 amide bonds. The van der Waals surface area contributed by atoms with E-state index in [0.29, 0.717) is 19.5 Å². The fraction of sp³-hybridized carbons (Fsp3) is 0.625. The summed E-state index contributed by atoms with van der Waals surface area (Å²) >= 11 is 0. The summed E-state index contributed by atoms with van der Waals surface area (Å²) in [6, 6.07) is 8.10. The van der Waals surface area contributed by atoms with E-state index >= 15 is 0 Å². The van der Waals surface area contributed by atoms with Crippen LogP contribution in [0.1, 0.15) is 24.0 Å². The minimum Gasteiger partial charge on any atom is -0.396 e. The lowest BCUT2D eigenvalue weighted by Gasteiger charge is -2.42. The molecule has 0 spiro atoms. The minimum atomic E-state index is -3.43. The van der Waals surface area contributed by atoms with Crippen LogP contribution in [0.3, 0.4) is 0 Å². The van der Waals surface area contributed by atoms with E-state index in [-0.39, 0.29) is 6.61 Å². The van der Waals surface area contributed by atoms with Crippen LogP contribution in [-0.4, -0.2) is 55.9 Å². The van der Waals surface area contributed by atoms with E-state index in [0.717, 1.165) is 12.8 Å². The molecule has 6 heteroatoms. The number of hydrogen-bond acceptors (Lipinski definition) is 3. The van der Waals surface area contributed by atoms with Crippen molar-refractivity contribution in [2.75, 3.05) is 33.8 Å². The molecule has 1 fully saturated rings. The van der Waals surface area contributed by atoms with Crippen LogP contribution in [0.15, 0.2) is 24.3 Å². The first-order valence-corrected chi connectivity index (χ1v) is 9.03. The minimum absolute atomic E-state index is 0.000777. The maximum Gasteiger partial charge on any atom is 0.281 e. The second kappa shape index (κ2) is 6.66. The van der Waals surface area contributed by atoms with Gasteiger partial charge in [-0.3, -0.25) is 0 Å². The van der Waals surface area contributed by atoms with Gasteiger partial charge in [0.15, 0.2) is 0 Å². The van der Waals surface area contributed by atoms with Crippen molar-refractivity contribution in [3.63, 3.8) is 0 Å². The maximum absolute atomic E-state index is 12.4. The van der Waals surface area contributed by atoms with Crippen LogP contribution in [0.25, 0.3) is 0 Å². The van der Waals surface area contributed by atoms with E-state index in [1.54, 1.807) is 14.1 Å². The Kier molecular flexibility index (Phi) is 5.27. The summed E-state index contributed by atoms with van der Waals surface area (Å²) in [5, 5.41) is 9.98. The van der Waals surface area contributed by atoms with E-state index in [2.05, 4.69) is 19.1 Å². The molecule has 124 valence electrons. The molecule has 1 heterocycles. The lowest BCUT2D eigenvalue weighted by Crippen LogP contribution is -2.51. The molecule has 0 bridgehead atoms. The predicted octanol–water partition coefficient (Wildman–Crippen LogP) is 1.42. The van der Waals surface area contributed by atoms with Gasteiger partial charge in [-0.2, -0.15) is 17.0 Å². The molecule has 1 aromatic carbocycles. The summed E-state index contributed by atoms with van der Waals surface area (Å²) in [5.41, 5.74) is 1.97. The third-order valence-corrected chi connectivity index (χ3v) is 6.46. The van der Waals surface area contributed by atoms with Crippen molar-refractivity contribution in [3.8, 4) is 0 Å². The van der Waals surface area contributed by atoms with Gasteiger partial charge in [-0.1, -0.05) is 24.3 Å². The molecular formula is C16H26N2O3S. The van der Waals surface area contributed by atoms with Gasteiger partial charge in [0.2, 0.25) is 0 Å². The summed E-state index contributed by atoms with van der Waals surface area (Å²) in [6.07, 6.45) is 2.33. The Bertz CT molecular complexity index is 616. The Labute approximate surface area is 133 Å². The Hall–Kier alpha value is -0.950. The van der Waals surface area contributed by atoms with Crippen LogP contribution in [0.2, 0.25) is 0 Å². The van der Waals surface area contributed by atoms with Crippen LogP contribution in [0, 0.1) is 12.3 Å². The van der Waals surface area contributed by atoms with Crippen molar-refractivity contribution >= 4 is 10.2 Å². The van der Waals surface area contributed by atoms with Gasteiger partial charge in [-0.05, 0) is 37.3 Å². The average Bonchev–Trinajstić information content (AvgIpc) is 2.50. The Morgan fingerprint density at radius 1 is 1.32 bits per heavy atom. The SMILES string of the molecule is Cc1ccccc1CC1(CO)CCCN(S(=O)(=O)N(C)C)C1. The number of aliphatic hydroxyl groups is 1. The average molecular weight is 326 g/mol. The van der Waals surface area contributed by atoms with Gasteiger partial charge in [-0.15, -0.1) is 0 Å². The summed E-state index contributed by atoms with van der Waals surface area (Å²) < 4.78 is 27.5. The van der Waals surface area contributed by atoms with Crippen LogP contribution in [0.5, 0.6) is 0 Å². The second-order valence-electron chi connectivity index (χ2n) is 6.49. The van der Waals surface area contributed by atoms with Crippen LogP contribution >= 0.6 is 0 Å². The number of hydrogen-bond donors (Lipinski definition) is 1. The van der Waals surface area contributed by atoms with Gasteiger partial charge in [0.05, 0.1) is 6.61 Å². The van der Waals surface area contributed by atoms with E-state index in [1.165, 1.54) is 19.7 Å². The lowest BCUT2D eigenvalue weighted by atomic mass is 9.76. The number of rotatable bonds is 5. The number of benzene rings is 1. The molecule has 22 heavy (non-hydrogen) atoms. The molecule has 2 rings (SSSR count). The molecule has 1 aromatic rings. The highest BCUT2D eigenvalue weighted by Crippen LogP contribution is 2.35. The number of aryl methyl sites for hydroxylation is 1. The van der Waals surface area contributed by atoms with E-state index in [4.69, 9.17) is 0 Å². The van der Waals surface area contributed by atoms with Crippen molar-refractivity contribution in [2.24, 2.45) is 5.41 Å². The highest BCUT2D eigenvalue weighted by molar-refractivity contribution is 7.86. The van der Waals surface area contributed by atoms with Gasteiger partial charge in [0.25, 0.3) is 10.2 Å². The highest BCUT2D eigenvalue weighted by Gasteiger charge is 2.40. The first-order valence-electron chi connectivity index (χ1n) is 7.64. The largest absolute Gasteiger partial charge is 0.396 e. The second-order valence-corrected chi connectivity index (χ2v) is 8.63.